The van der Waals surface area contributed by atoms with Gasteiger partial charge in [0.15, 0.2) is 0 Å². The van der Waals surface area contributed by atoms with Crippen LogP contribution >= 0.6 is 11.8 Å². The highest BCUT2D eigenvalue weighted by molar-refractivity contribution is 8.00. The molecule has 4 nitrogen and oxygen atoms in total. The van der Waals surface area contributed by atoms with E-state index in [1.807, 2.05) is 11.8 Å². The molecule has 0 aromatic carbocycles. The fraction of sp³-hybridized carbons (Fsp3) is 0.933. The fourth-order valence-electron chi connectivity index (χ4n) is 3.57. The van der Waals surface area contributed by atoms with Crippen LogP contribution in [0.15, 0.2) is 0 Å². The standard InChI is InChI=1S/C15H27NO3S/c1-20-15(6-2-3-7-15)11-16-10-14(19)8-4-12(5-9-14)13(17)18/h12,16,19H,2-11H2,1H3,(H,17,18). The van der Waals surface area contributed by atoms with E-state index in [1.54, 1.807) is 0 Å². The van der Waals surface area contributed by atoms with Crippen LogP contribution in [-0.2, 0) is 4.79 Å². The molecule has 116 valence electrons. The third-order valence-corrected chi connectivity index (χ3v) is 6.53. The van der Waals surface area contributed by atoms with E-state index in [4.69, 9.17) is 5.11 Å². The molecule has 0 atom stereocenters. The first kappa shape index (κ1) is 16.1. The molecule has 2 aliphatic carbocycles. The Balaban J connectivity index is 1.75. The number of hydrogen-bond acceptors (Lipinski definition) is 4. The maximum Gasteiger partial charge on any atom is 0.306 e. The summed E-state index contributed by atoms with van der Waals surface area (Å²) in [4.78, 5) is 10.9. The molecule has 2 fully saturated rings. The molecule has 0 aliphatic heterocycles. The summed E-state index contributed by atoms with van der Waals surface area (Å²) in [5.41, 5.74) is -0.704. The second-order valence-corrected chi connectivity index (χ2v) is 7.81. The van der Waals surface area contributed by atoms with Gasteiger partial charge in [0.1, 0.15) is 0 Å². The van der Waals surface area contributed by atoms with E-state index >= 15 is 0 Å². The van der Waals surface area contributed by atoms with Gasteiger partial charge >= 0.3 is 5.97 Å². The molecule has 0 bridgehead atoms. The van der Waals surface area contributed by atoms with Crippen LogP contribution in [0.4, 0.5) is 0 Å². The highest BCUT2D eigenvalue weighted by Crippen LogP contribution is 2.40. The predicted octanol–water partition coefficient (Wildman–Crippen LogP) is 2.26. The van der Waals surface area contributed by atoms with Gasteiger partial charge in [-0.05, 0) is 44.8 Å². The van der Waals surface area contributed by atoms with Crippen LogP contribution < -0.4 is 5.32 Å². The number of carboxylic acid groups (broad SMARTS) is 1. The van der Waals surface area contributed by atoms with Crippen LogP contribution in [0, 0.1) is 5.92 Å². The molecular formula is C15H27NO3S. The van der Waals surface area contributed by atoms with E-state index in [9.17, 15) is 9.90 Å². The molecule has 0 spiro atoms. The summed E-state index contributed by atoms with van der Waals surface area (Å²) in [6.45, 7) is 1.56. The molecule has 0 saturated heterocycles. The summed E-state index contributed by atoms with van der Waals surface area (Å²) < 4.78 is 0.356. The Morgan fingerprint density at radius 1 is 1.20 bits per heavy atom. The van der Waals surface area contributed by atoms with Crippen molar-refractivity contribution in [1.29, 1.82) is 0 Å². The zero-order valence-corrected chi connectivity index (χ0v) is 13.2. The van der Waals surface area contributed by atoms with Crippen molar-refractivity contribution < 1.29 is 15.0 Å². The molecule has 0 amide bonds. The molecule has 0 radical (unpaired) electrons. The number of hydrogen-bond donors (Lipinski definition) is 3. The van der Waals surface area contributed by atoms with Crippen molar-refractivity contribution in [1.82, 2.24) is 5.32 Å². The average molecular weight is 301 g/mol. The van der Waals surface area contributed by atoms with Gasteiger partial charge < -0.3 is 15.5 Å². The van der Waals surface area contributed by atoms with Gasteiger partial charge in [-0.1, -0.05) is 12.8 Å². The summed E-state index contributed by atoms with van der Waals surface area (Å²) >= 11 is 1.95. The van der Waals surface area contributed by atoms with E-state index < -0.39 is 11.6 Å². The van der Waals surface area contributed by atoms with Gasteiger partial charge in [-0.25, -0.2) is 0 Å². The average Bonchev–Trinajstić information content (AvgIpc) is 2.88. The monoisotopic (exact) mass is 301 g/mol. The first-order valence-electron chi connectivity index (χ1n) is 7.70. The first-order valence-corrected chi connectivity index (χ1v) is 8.92. The number of thioether (sulfide) groups is 1. The Morgan fingerprint density at radius 2 is 1.80 bits per heavy atom. The normalized spacial score (nSPS) is 33.2. The molecule has 3 N–H and O–H groups in total. The minimum absolute atomic E-state index is 0.261. The first-order chi connectivity index (χ1) is 9.49. The number of carbonyl (C=O) groups is 1. The fourth-order valence-corrected chi connectivity index (χ4v) is 4.52. The lowest BCUT2D eigenvalue weighted by molar-refractivity contribution is -0.144. The Morgan fingerprint density at radius 3 is 2.30 bits per heavy atom. The number of aliphatic hydroxyl groups is 1. The van der Waals surface area contributed by atoms with Crippen LogP contribution in [-0.4, -0.2) is 45.9 Å². The molecule has 20 heavy (non-hydrogen) atoms. The van der Waals surface area contributed by atoms with Crippen molar-refractivity contribution in [2.75, 3.05) is 19.3 Å². The highest BCUT2D eigenvalue weighted by atomic mass is 32.2. The van der Waals surface area contributed by atoms with E-state index in [1.165, 1.54) is 25.7 Å². The number of aliphatic carboxylic acids is 1. The van der Waals surface area contributed by atoms with Crippen molar-refractivity contribution in [3.63, 3.8) is 0 Å². The van der Waals surface area contributed by atoms with Gasteiger partial charge in [-0.3, -0.25) is 4.79 Å². The third kappa shape index (κ3) is 3.89. The molecule has 0 unspecified atom stereocenters. The zero-order chi connectivity index (χ0) is 14.6. The maximum absolute atomic E-state index is 10.9. The number of rotatable bonds is 6. The predicted molar refractivity (Wildman–Crippen MR) is 82.1 cm³/mol. The summed E-state index contributed by atoms with van der Waals surface area (Å²) in [5.74, 6) is -0.977. The summed E-state index contributed by atoms with van der Waals surface area (Å²) in [5, 5.41) is 23.0. The van der Waals surface area contributed by atoms with Crippen LogP contribution in [0.3, 0.4) is 0 Å². The molecule has 0 aromatic rings. The SMILES string of the molecule is CSC1(CNCC2(O)CCC(C(=O)O)CC2)CCCC1. The van der Waals surface area contributed by atoms with Gasteiger partial charge in [-0.2, -0.15) is 11.8 Å². The van der Waals surface area contributed by atoms with Crippen molar-refractivity contribution in [3.8, 4) is 0 Å². The van der Waals surface area contributed by atoms with Gasteiger partial charge in [0.2, 0.25) is 0 Å². The Kier molecular flexibility index (Phi) is 5.37. The lowest BCUT2D eigenvalue weighted by Gasteiger charge is -2.36. The van der Waals surface area contributed by atoms with Crippen LogP contribution in [0.1, 0.15) is 51.4 Å². The Hall–Kier alpha value is -0.260. The minimum Gasteiger partial charge on any atom is -0.481 e. The second kappa shape index (κ2) is 6.67. The second-order valence-electron chi connectivity index (χ2n) is 6.53. The van der Waals surface area contributed by atoms with Crippen LogP contribution in [0.5, 0.6) is 0 Å². The Bertz CT molecular complexity index is 334. The largest absolute Gasteiger partial charge is 0.481 e. The summed E-state index contributed by atoms with van der Waals surface area (Å²) in [6.07, 6.45) is 9.73. The van der Waals surface area contributed by atoms with Gasteiger partial charge in [0.05, 0.1) is 11.5 Å². The molecule has 2 rings (SSSR count). The van der Waals surface area contributed by atoms with Gasteiger partial charge in [0.25, 0.3) is 0 Å². The van der Waals surface area contributed by atoms with Crippen molar-refractivity contribution in [3.05, 3.63) is 0 Å². The number of nitrogens with one attached hydrogen (secondary N) is 1. The molecule has 2 saturated carbocycles. The topological polar surface area (TPSA) is 69.6 Å². The van der Waals surface area contributed by atoms with E-state index in [0.717, 1.165) is 6.54 Å². The minimum atomic E-state index is -0.715. The summed E-state index contributed by atoms with van der Waals surface area (Å²) in [7, 11) is 0. The van der Waals surface area contributed by atoms with Crippen molar-refractivity contribution in [2.45, 2.75) is 61.7 Å². The Labute approximate surface area is 125 Å². The third-order valence-electron chi connectivity index (χ3n) is 5.11. The van der Waals surface area contributed by atoms with Crippen molar-refractivity contribution in [2.24, 2.45) is 5.92 Å². The molecule has 2 aliphatic rings. The highest BCUT2D eigenvalue weighted by Gasteiger charge is 2.37. The quantitative estimate of drug-likeness (QED) is 0.702. The van der Waals surface area contributed by atoms with E-state index in [0.29, 0.717) is 37.0 Å². The molecule has 0 heterocycles. The van der Waals surface area contributed by atoms with Crippen LogP contribution in [0.2, 0.25) is 0 Å². The van der Waals surface area contributed by atoms with Crippen molar-refractivity contribution >= 4 is 17.7 Å². The van der Waals surface area contributed by atoms with Gasteiger partial charge in [0, 0.05) is 17.8 Å². The van der Waals surface area contributed by atoms with E-state index in [-0.39, 0.29) is 5.92 Å². The lowest BCUT2D eigenvalue weighted by atomic mass is 9.79. The number of carboxylic acids is 1. The lowest BCUT2D eigenvalue weighted by Crippen LogP contribution is -2.47. The van der Waals surface area contributed by atoms with Gasteiger partial charge in [-0.15, -0.1) is 0 Å². The molecule has 5 heteroatoms. The van der Waals surface area contributed by atoms with Crippen LogP contribution in [0.25, 0.3) is 0 Å². The maximum atomic E-state index is 10.9. The zero-order valence-electron chi connectivity index (χ0n) is 12.4. The summed E-state index contributed by atoms with van der Waals surface area (Å²) in [6, 6.07) is 0. The van der Waals surface area contributed by atoms with E-state index in [2.05, 4.69) is 11.6 Å². The molecule has 0 aromatic heterocycles. The molecular weight excluding hydrogens is 274 g/mol. The smallest absolute Gasteiger partial charge is 0.306 e.